The Labute approximate surface area is 164 Å². The highest BCUT2D eigenvalue weighted by Gasteiger charge is 2.14. The fourth-order valence-electron chi connectivity index (χ4n) is 3.08. The fraction of sp³-hybridized carbons (Fsp3) is 0.333. The van der Waals surface area contributed by atoms with Gasteiger partial charge in [-0.2, -0.15) is 11.8 Å². The smallest absolute Gasteiger partial charge is 0.337 e. The third-order valence-corrected chi connectivity index (χ3v) is 5.54. The first-order valence-corrected chi connectivity index (χ1v) is 10.1. The number of nitrogens with zero attached hydrogens (tertiary/aromatic N) is 1. The highest BCUT2D eigenvalue weighted by molar-refractivity contribution is 7.99. The van der Waals surface area contributed by atoms with Crippen LogP contribution in [0.1, 0.15) is 31.8 Å². The first-order chi connectivity index (χ1) is 13.1. The second-order valence-corrected chi connectivity index (χ2v) is 7.79. The summed E-state index contributed by atoms with van der Waals surface area (Å²) in [5.74, 6) is 1.68. The molecule has 5 nitrogen and oxygen atoms in total. The fourth-order valence-corrected chi connectivity index (χ4v) is 4.06. The van der Waals surface area contributed by atoms with Crippen LogP contribution in [0.3, 0.4) is 0 Å². The quantitative estimate of drug-likeness (QED) is 0.799. The molecule has 0 aliphatic carbocycles. The lowest BCUT2D eigenvalue weighted by Gasteiger charge is -2.26. The van der Waals surface area contributed by atoms with Crippen molar-refractivity contribution < 1.29 is 14.3 Å². The average Bonchev–Trinajstić information content (AvgIpc) is 2.70. The summed E-state index contributed by atoms with van der Waals surface area (Å²) in [7, 11) is 1.32. The number of aryl methyl sites for hydroxylation is 1. The molecule has 0 radical (unpaired) electrons. The van der Waals surface area contributed by atoms with E-state index in [9.17, 15) is 9.59 Å². The van der Waals surface area contributed by atoms with E-state index < -0.39 is 5.97 Å². The molecule has 1 saturated heterocycles. The van der Waals surface area contributed by atoms with Gasteiger partial charge in [-0.1, -0.05) is 18.2 Å². The van der Waals surface area contributed by atoms with Crippen LogP contribution in [-0.2, 0) is 11.3 Å². The van der Waals surface area contributed by atoms with Crippen LogP contribution in [0.15, 0.2) is 42.5 Å². The summed E-state index contributed by atoms with van der Waals surface area (Å²) in [6.45, 7) is 5.18. The van der Waals surface area contributed by atoms with Gasteiger partial charge in [0.15, 0.2) is 0 Å². The third kappa shape index (κ3) is 5.11. The third-order valence-electron chi connectivity index (χ3n) is 4.59. The number of carbonyl (C=O) groups excluding carboxylic acids is 2. The number of methoxy groups -OCH3 is 1. The summed E-state index contributed by atoms with van der Waals surface area (Å²) >= 11 is 2.01. The summed E-state index contributed by atoms with van der Waals surface area (Å²) < 4.78 is 4.71. The van der Waals surface area contributed by atoms with Crippen molar-refractivity contribution in [2.24, 2.45) is 0 Å². The van der Waals surface area contributed by atoms with Crippen molar-refractivity contribution in [3.8, 4) is 0 Å². The molecule has 0 aromatic heterocycles. The number of carbonyl (C=O) groups is 2. The molecule has 2 aromatic rings. The standard InChI is InChI=1S/C21H24N2O3S/c1-15-12-16(14-23-8-10-27-11-9-23)6-7-19(15)22-20(24)17-4-3-5-18(13-17)21(25)26-2/h3-7,12-13H,8-11,14H2,1-2H3,(H,22,24). The van der Waals surface area contributed by atoms with Crippen LogP contribution in [0.2, 0.25) is 0 Å². The van der Waals surface area contributed by atoms with Crippen molar-refractivity contribution in [1.82, 2.24) is 4.90 Å². The lowest BCUT2D eigenvalue weighted by Crippen LogP contribution is -2.31. The molecule has 3 rings (SSSR count). The molecule has 1 amide bonds. The molecular weight excluding hydrogens is 360 g/mol. The maximum atomic E-state index is 12.6. The van der Waals surface area contributed by atoms with Crippen LogP contribution >= 0.6 is 11.8 Å². The zero-order valence-electron chi connectivity index (χ0n) is 15.7. The van der Waals surface area contributed by atoms with Crippen LogP contribution < -0.4 is 5.32 Å². The molecule has 0 unspecified atom stereocenters. The molecule has 1 aliphatic heterocycles. The molecule has 142 valence electrons. The van der Waals surface area contributed by atoms with E-state index >= 15 is 0 Å². The van der Waals surface area contributed by atoms with E-state index in [1.807, 2.05) is 24.8 Å². The molecule has 6 heteroatoms. The lowest BCUT2D eigenvalue weighted by molar-refractivity contribution is 0.0600. The summed E-state index contributed by atoms with van der Waals surface area (Å²) in [5, 5.41) is 2.93. The molecule has 0 bridgehead atoms. The first kappa shape index (κ1) is 19.5. The number of nitrogens with one attached hydrogen (secondary N) is 1. The van der Waals surface area contributed by atoms with E-state index in [4.69, 9.17) is 4.74 Å². The SMILES string of the molecule is COC(=O)c1cccc(C(=O)Nc2ccc(CN3CCSCC3)cc2C)c1. The number of hydrogen-bond acceptors (Lipinski definition) is 5. The highest BCUT2D eigenvalue weighted by atomic mass is 32.2. The number of hydrogen-bond donors (Lipinski definition) is 1. The van der Waals surface area contributed by atoms with Gasteiger partial charge in [0.05, 0.1) is 12.7 Å². The van der Waals surface area contributed by atoms with Crippen molar-refractivity contribution in [1.29, 1.82) is 0 Å². The normalized spacial score (nSPS) is 14.6. The molecular formula is C21H24N2O3S. The number of ether oxygens (including phenoxy) is 1. The second kappa shape index (κ2) is 9.06. The maximum Gasteiger partial charge on any atom is 0.337 e. The van der Waals surface area contributed by atoms with E-state index in [0.717, 1.165) is 30.9 Å². The van der Waals surface area contributed by atoms with Crippen LogP contribution in [-0.4, -0.2) is 48.5 Å². The minimum atomic E-state index is -0.457. The predicted molar refractivity (Wildman–Crippen MR) is 110 cm³/mol. The Morgan fingerprint density at radius 3 is 2.56 bits per heavy atom. The van der Waals surface area contributed by atoms with E-state index in [2.05, 4.69) is 22.3 Å². The molecule has 1 fully saturated rings. The van der Waals surface area contributed by atoms with Gasteiger partial charge in [0.25, 0.3) is 5.91 Å². The maximum absolute atomic E-state index is 12.6. The second-order valence-electron chi connectivity index (χ2n) is 6.56. The number of esters is 1. The van der Waals surface area contributed by atoms with Gasteiger partial charge in [-0.3, -0.25) is 9.69 Å². The Kier molecular flexibility index (Phi) is 6.53. The monoisotopic (exact) mass is 384 g/mol. The van der Waals surface area contributed by atoms with Gasteiger partial charge in [-0.15, -0.1) is 0 Å². The van der Waals surface area contributed by atoms with Gasteiger partial charge in [0.1, 0.15) is 0 Å². The van der Waals surface area contributed by atoms with Crippen molar-refractivity contribution in [2.45, 2.75) is 13.5 Å². The molecule has 0 saturated carbocycles. The molecule has 27 heavy (non-hydrogen) atoms. The van der Waals surface area contributed by atoms with Gasteiger partial charge >= 0.3 is 5.97 Å². The summed E-state index contributed by atoms with van der Waals surface area (Å²) in [6, 6.07) is 12.7. The Balaban J connectivity index is 1.68. The van der Waals surface area contributed by atoms with E-state index in [1.54, 1.807) is 24.3 Å². The van der Waals surface area contributed by atoms with Crippen molar-refractivity contribution in [2.75, 3.05) is 37.0 Å². The van der Waals surface area contributed by atoms with E-state index in [-0.39, 0.29) is 5.91 Å². The first-order valence-electron chi connectivity index (χ1n) is 8.96. The summed E-state index contributed by atoms with van der Waals surface area (Å²) in [6.07, 6.45) is 0. The topological polar surface area (TPSA) is 58.6 Å². The Morgan fingerprint density at radius 1 is 1.11 bits per heavy atom. The predicted octanol–water partition coefficient (Wildman–Crippen LogP) is 3.58. The van der Waals surface area contributed by atoms with Crippen LogP contribution in [0.5, 0.6) is 0 Å². The highest BCUT2D eigenvalue weighted by Crippen LogP contribution is 2.20. The number of thioether (sulfide) groups is 1. The number of anilines is 1. The zero-order chi connectivity index (χ0) is 19.2. The van der Waals surface area contributed by atoms with Gasteiger partial charge in [-0.25, -0.2) is 4.79 Å². The Morgan fingerprint density at radius 2 is 1.85 bits per heavy atom. The van der Waals surface area contributed by atoms with E-state index in [0.29, 0.717) is 11.1 Å². The van der Waals surface area contributed by atoms with Crippen LogP contribution in [0.25, 0.3) is 0 Å². The minimum Gasteiger partial charge on any atom is -0.465 e. The number of benzene rings is 2. The van der Waals surface area contributed by atoms with Crippen LogP contribution in [0.4, 0.5) is 5.69 Å². The minimum absolute atomic E-state index is 0.246. The average molecular weight is 385 g/mol. The molecule has 0 spiro atoms. The number of rotatable bonds is 5. The Hall–Kier alpha value is -2.31. The molecule has 1 N–H and O–H groups in total. The Bertz CT molecular complexity index is 832. The summed E-state index contributed by atoms with van der Waals surface area (Å²) in [5.41, 5.74) is 3.84. The van der Waals surface area contributed by atoms with Gasteiger partial charge < -0.3 is 10.1 Å². The lowest BCUT2D eigenvalue weighted by atomic mass is 10.1. The molecule has 0 atom stereocenters. The van der Waals surface area contributed by atoms with Crippen molar-refractivity contribution >= 4 is 29.3 Å². The molecule has 1 heterocycles. The van der Waals surface area contributed by atoms with Crippen molar-refractivity contribution in [3.63, 3.8) is 0 Å². The molecule has 1 aliphatic rings. The van der Waals surface area contributed by atoms with Gasteiger partial charge in [0, 0.05) is 42.4 Å². The van der Waals surface area contributed by atoms with Gasteiger partial charge in [-0.05, 0) is 42.3 Å². The zero-order valence-corrected chi connectivity index (χ0v) is 16.5. The largest absolute Gasteiger partial charge is 0.465 e. The van der Waals surface area contributed by atoms with Gasteiger partial charge in [0.2, 0.25) is 0 Å². The van der Waals surface area contributed by atoms with Crippen LogP contribution in [0, 0.1) is 6.92 Å². The molecule has 2 aromatic carbocycles. The number of amides is 1. The van der Waals surface area contributed by atoms with E-state index in [1.165, 1.54) is 24.2 Å². The summed E-state index contributed by atoms with van der Waals surface area (Å²) in [4.78, 5) is 26.7. The van der Waals surface area contributed by atoms with Crippen molar-refractivity contribution in [3.05, 3.63) is 64.7 Å².